The number of benzene rings is 1. The summed E-state index contributed by atoms with van der Waals surface area (Å²) >= 11 is 0. The van der Waals surface area contributed by atoms with Crippen molar-refractivity contribution in [3.05, 3.63) is 33.6 Å². The molecule has 1 fully saturated rings. The van der Waals surface area contributed by atoms with Gasteiger partial charge in [0.05, 0.1) is 36.3 Å². The van der Waals surface area contributed by atoms with Crippen molar-refractivity contribution in [1.82, 2.24) is 0 Å². The maximum Gasteiger partial charge on any atom is 0.414 e. The van der Waals surface area contributed by atoms with Gasteiger partial charge >= 0.3 is 17.7 Å². The number of amides is 1. The fraction of sp³-hybridized carbons (Fsp3) is 0.600. The SMILES string of the molecule is COC(=O)N1c2ccc(F)c([N+](=O)[O-])c2CC[C@@H]1C.COC(=O)[C@@H]1CCC[C@@H](N)C1. The van der Waals surface area contributed by atoms with Crippen molar-refractivity contribution in [2.45, 2.75) is 57.5 Å². The number of rotatable bonds is 2. The molecule has 9 nitrogen and oxygen atoms in total. The quantitative estimate of drug-likeness (QED) is 0.438. The molecule has 1 aromatic rings. The lowest BCUT2D eigenvalue weighted by atomic mass is 9.86. The second-order valence-corrected chi connectivity index (χ2v) is 7.53. The molecular weight excluding hydrogens is 397 g/mol. The lowest BCUT2D eigenvalue weighted by Crippen LogP contribution is -2.42. The van der Waals surface area contributed by atoms with Gasteiger partial charge in [-0.1, -0.05) is 6.42 Å². The number of anilines is 1. The number of methoxy groups -OCH3 is 2. The first-order valence-corrected chi connectivity index (χ1v) is 9.87. The van der Waals surface area contributed by atoms with Gasteiger partial charge in [0.1, 0.15) is 0 Å². The van der Waals surface area contributed by atoms with Crippen LogP contribution in [0.2, 0.25) is 0 Å². The molecule has 166 valence electrons. The van der Waals surface area contributed by atoms with Crippen molar-refractivity contribution in [3.8, 4) is 0 Å². The van der Waals surface area contributed by atoms with Gasteiger partial charge in [0, 0.05) is 12.1 Å². The van der Waals surface area contributed by atoms with E-state index in [4.69, 9.17) is 5.73 Å². The molecule has 0 saturated heterocycles. The zero-order chi connectivity index (χ0) is 22.4. The minimum atomic E-state index is -0.886. The zero-order valence-electron chi connectivity index (χ0n) is 17.4. The molecule has 1 amide bonds. The van der Waals surface area contributed by atoms with Gasteiger partial charge in [0.15, 0.2) is 0 Å². The summed E-state index contributed by atoms with van der Waals surface area (Å²) in [7, 11) is 2.67. The molecule has 1 aromatic carbocycles. The Morgan fingerprint density at radius 1 is 1.23 bits per heavy atom. The van der Waals surface area contributed by atoms with E-state index in [2.05, 4.69) is 9.47 Å². The summed E-state index contributed by atoms with van der Waals surface area (Å²) in [5, 5.41) is 11.0. The maximum absolute atomic E-state index is 13.6. The number of nitro benzene ring substituents is 1. The van der Waals surface area contributed by atoms with Crippen LogP contribution in [-0.2, 0) is 20.7 Å². The van der Waals surface area contributed by atoms with Crippen LogP contribution >= 0.6 is 0 Å². The number of ether oxygens (including phenoxy) is 2. The minimum Gasteiger partial charge on any atom is -0.469 e. The molecule has 3 rings (SSSR count). The third kappa shape index (κ3) is 5.24. The smallest absolute Gasteiger partial charge is 0.414 e. The highest BCUT2D eigenvalue weighted by atomic mass is 19.1. The number of hydrogen-bond acceptors (Lipinski definition) is 7. The molecule has 1 aliphatic heterocycles. The average Bonchev–Trinajstić information content (AvgIpc) is 2.72. The van der Waals surface area contributed by atoms with Gasteiger partial charge in [-0.25, -0.2) is 4.79 Å². The Labute approximate surface area is 174 Å². The molecule has 1 aliphatic carbocycles. The summed E-state index contributed by atoms with van der Waals surface area (Å²) < 4.78 is 22.9. The van der Waals surface area contributed by atoms with E-state index in [1.54, 1.807) is 0 Å². The Balaban J connectivity index is 0.000000248. The Morgan fingerprint density at radius 3 is 2.50 bits per heavy atom. The summed E-state index contributed by atoms with van der Waals surface area (Å²) in [5.74, 6) is -0.924. The molecule has 2 aliphatic rings. The van der Waals surface area contributed by atoms with Crippen LogP contribution in [-0.4, -0.2) is 43.3 Å². The number of carbonyl (C=O) groups is 2. The minimum absolute atomic E-state index is 0.0590. The maximum atomic E-state index is 13.6. The number of nitrogens with two attached hydrogens (primary N) is 1. The van der Waals surface area contributed by atoms with E-state index < -0.39 is 22.5 Å². The van der Waals surface area contributed by atoms with Crippen LogP contribution in [0.4, 0.5) is 20.6 Å². The first-order chi connectivity index (χ1) is 14.2. The summed E-state index contributed by atoms with van der Waals surface area (Å²) in [6.07, 6.45) is 4.13. The topological polar surface area (TPSA) is 125 Å². The standard InChI is InChI=1S/C12H13FN2O4.C8H15NO2/c1-7-3-4-8-10(14(7)12(16)19-2)6-5-9(13)11(8)15(17)18;1-11-8(10)6-3-2-4-7(9)5-6/h5-7H,3-4H2,1-2H3;6-7H,2-5,9H2,1H3/t7-;6-,7-/m01/s1. The summed E-state index contributed by atoms with van der Waals surface area (Å²) in [6.45, 7) is 1.81. The van der Waals surface area contributed by atoms with Gasteiger partial charge in [-0.05, 0) is 51.2 Å². The molecule has 3 atom stereocenters. The lowest BCUT2D eigenvalue weighted by Gasteiger charge is -2.33. The molecule has 2 N–H and O–H groups in total. The molecule has 0 bridgehead atoms. The molecule has 0 radical (unpaired) electrons. The first-order valence-electron chi connectivity index (χ1n) is 9.87. The van der Waals surface area contributed by atoms with Gasteiger partial charge in [-0.2, -0.15) is 4.39 Å². The number of nitrogens with zero attached hydrogens (tertiary/aromatic N) is 2. The van der Waals surface area contributed by atoms with Gasteiger partial charge < -0.3 is 15.2 Å². The number of esters is 1. The van der Waals surface area contributed by atoms with Gasteiger partial charge in [0.25, 0.3) is 0 Å². The van der Waals surface area contributed by atoms with Crippen molar-refractivity contribution in [2.75, 3.05) is 19.1 Å². The van der Waals surface area contributed by atoms with E-state index in [0.717, 1.165) is 31.7 Å². The van der Waals surface area contributed by atoms with E-state index in [-0.39, 0.29) is 29.5 Å². The highest BCUT2D eigenvalue weighted by Crippen LogP contribution is 2.38. The normalized spacial score (nSPS) is 22.8. The fourth-order valence-corrected chi connectivity index (χ4v) is 3.97. The van der Waals surface area contributed by atoms with Crippen molar-refractivity contribution in [1.29, 1.82) is 0 Å². The van der Waals surface area contributed by atoms with Crippen LogP contribution in [0.25, 0.3) is 0 Å². The molecule has 1 saturated carbocycles. The molecule has 10 heteroatoms. The van der Waals surface area contributed by atoms with Gasteiger partial charge in [0.2, 0.25) is 5.82 Å². The van der Waals surface area contributed by atoms with Crippen molar-refractivity contribution in [2.24, 2.45) is 11.7 Å². The average molecular weight is 425 g/mol. The third-order valence-electron chi connectivity index (χ3n) is 5.52. The van der Waals surface area contributed by atoms with Crippen molar-refractivity contribution < 1.29 is 28.4 Å². The predicted octanol–water partition coefficient (Wildman–Crippen LogP) is 3.32. The van der Waals surface area contributed by atoms with Gasteiger partial charge in [-0.15, -0.1) is 0 Å². The molecule has 30 heavy (non-hydrogen) atoms. The van der Waals surface area contributed by atoms with Crippen molar-refractivity contribution >= 4 is 23.4 Å². The van der Waals surface area contributed by atoms with E-state index in [1.807, 2.05) is 6.92 Å². The van der Waals surface area contributed by atoms with Crippen LogP contribution in [0.3, 0.4) is 0 Å². The summed E-state index contributed by atoms with van der Waals surface area (Å²) in [6, 6.07) is 2.44. The Kier molecular flexibility index (Phi) is 8.10. The fourth-order valence-electron chi connectivity index (χ4n) is 3.97. The van der Waals surface area contributed by atoms with Crippen LogP contribution in [0.1, 0.15) is 44.6 Å². The second kappa shape index (κ2) is 10.3. The monoisotopic (exact) mass is 425 g/mol. The molecular formula is C20H28FN3O6. The van der Waals surface area contributed by atoms with E-state index in [1.165, 1.54) is 25.2 Å². The van der Waals surface area contributed by atoms with E-state index in [9.17, 15) is 24.1 Å². The van der Waals surface area contributed by atoms with Crippen LogP contribution in [0, 0.1) is 21.8 Å². The van der Waals surface area contributed by atoms with Crippen LogP contribution in [0.15, 0.2) is 12.1 Å². The Morgan fingerprint density at radius 2 is 1.93 bits per heavy atom. The molecule has 0 spiro atoms. The number of nitro groups is 1. The van der Waals surface area contributed by atoms with E-state index >= 15 is 0 Å². The third-order valence-corrected chi connectivity index (χ3v) is 5.52. The number of carbonyl (C=O) groups excluding carboxylic acids is 2. The highest BCUT2D eigenvalue weighted by Gasteiger charge is 2.35. The number of fused-ring (bicyclic) bond motifs is 1. The molecule has 1 heterocycles. The summed E-state index contributed by atoms with van der Waals surface area (Å²) in [4.78, 5) is 34.3. The highest BCUT2D eigenvalue weighted by molar-refractivity contribution is 5.90. The lowest BCUT2D eigenvalue weighted by molar-refractivity contribution is -0.388. The first kappa shape index (κ1) is 23.5. The largest absolute Gasteiger partial charge is 0.469 e. The van der Waals surface area contributed by atoms with Gasteiger partial charge in [-0.3, -0.25) is 19.8 Å². The van der Waals surface area contributed by atoms with E-state index in [0.29, 0.717) is 18.5 Å². The van der Waals surface area contributed by atoms with Crippen molar-refractivity contribution in [3.63, 3.8) is 0 Å². The number of hydrogen-bond donors (Lipinski definition) is 1. The van der Waals surface area contributed by atoms with Crippen LogP contribution in [0.5, 0.6) is 0 Å². The molecule has 0 unspecified atom stereocenters. The predicted molar refractivity (Wildman–Crippen MR) is 108 cm³/mol. The molecule has 0 aromatic heterocycles. The number of halogens is 1. The Bertz CT molecular complexity index is 803. The summed E-state index contributed by atoms with van der Waals surface area (Å²) in [5.41, 5.74) is 5.74. The Hall–Kier alpha value is -2.75. The van der Waals surface area contributed by atoms with Crippen LogP contribution < -0.4 is 10.6 Å². The zero-order valence-corrected chi connectivity index (χ0v) is 17.4. The second-order valence-electron chi connectivity index (χ2n) is 7.53.